The Morgan fingerprint density at radius 1 is 1.06 bits per heavy atom. The van der Waals surface area contributed by atoms with Crippen LogP contribution in [0.5, 0.6) is 0 Å². The van der Waals surface area contributed by atoms with E-state index in [2.05, 4.69) is 60.4 Å². The average molecular weight is 451 g/mol. The molecule has 0 aliphatic carbocycles. The minimum Gasteiger partial charge on any atom is -0.390 e. The van der Waals surface area contributed by atoms with Gasteiger partial charge in [-0.1, -0.05) is 12.1 Å². The highest BCUT2D eigenvalue weighted by atomic mass is 16.3. The molecule has 4 aromatic rings. The number of hydrogen-bond acceptors (Lipinski definition) is 5. The smallest absolute Gasteiger partial charge is 0.161 e. The van der Waals surface area contributed by atoms with E-state index in [4.69, 9.17) is 5.26 Å². The molecule has 2 aromatic heterocycles. The van der Waals surface area contributed by atoms with Crippen molar-refractivity contribution in [3.05, 3.63) is 78.2 Å². The Morgan fingerprint density at radius 3 is 2.62 bits per heavy atom. The topological polar surface area (TPSA) is 73.2 Å². The van der Waals surface area contributed by atoms with Crippen LogP contribution in [0.3, 0.4) is 0 Å². The second-order valence-corrected chi connectivity index (χ2v) is 9.37. The van der Waals surface area contributed by atoms with Gasteiger partial charge in [0.2, 0.25) is 0 Å². The Balaban J connectivity index is 1.40. The van der Waals surface area contributed by atoms with Crippen LogP contribution in [0.1, 0.15) is 11.1 Å². The zero-order chi connectivity index (χ0) is 23.4. The number of benzene rings is 2. The van der Waals surface area contributed by atoms with Gasteiger partial charge in [-0.2, -0.15) is 5.26 Å². The van der Waals surface area contributed by atoms with Crippen LogP contribution in [0, 0.1) is 11.3 Å². The van der Waals surface area contributed by atoms with Gasteiger partial charge in [0.25, 0.3) is 0 Å². The Bertz CT molecular complexity index is 1410. The number of nitriles is 1. The second-order valence-electron chi connectivity index (χ2n) is 9.37. The van der Waals surface area contributed by atoms with Gasteiger partial charge in [-0.05, 0) is 61.6 Å². The van der Waals surface area contributed by atoms with Crippen molar-refractivity contribution in [1.82, 2.24) is 19.0 Å². The first-order valence-corrected chi connectivity index (χ1v) is 11.5. The zero-order valence-electron chi connectivity index (χ0n) is 19.3. The molecular formula is C27H26N6O. The molecule has 2 aliphatic rings. The van der Waals surface area contributed by atoms with Gasteiger partial charge in [-0.15, -0.1) is 0 Å². The Labute approximate surface area is 198 Å². The number of aromatic nitrogens is 3. The number of imidazole rings is 1. The number of aliphatic hydroxyl groups is 1. The number of aliphatic hydroxyl groups excluding tert-OH is 1. The molecule has 0 saturated carbocycles. The maximum absolute atomic E-state index is 10.5. The molecule has 0 unspecified atom stereocenters. The lowest BCUT2D eigenvalue weighted by Crippen LogP contribution is -2.38. The van der Waals surface area contributed by atoms with Gasteiger partial charge in [0, 0.05) is 49.5 Å². The number of likely N-dealkylation sites (N-methyl/N-ethyl adjacent to an activating group) is 1. The summed E-state index contributed by atoms with van der Waals surface area (Å²) in [4.78, 5) is 9.05. The zero-order valence-corrected chi connectivity index (χ0v) is 19.3. The molecule has 34 heavy (non-hydrogen) atoms. The molecule has 1 saturated heterocycles. The largest absolute Gasteiger partial charge is 0.390 e. The number of nitrogens with zero attached hydrogens (tertiary/aromatic N) is 6. The first-order valence-electron chi connectivity index (χ1n) is 11.5. The monoisotopic (exact) mass is 450 g/mol. The van der Waals surface area contributed by atoms with Crippen LogP contribution in [0.4, 0.5) is 5.69 Å². The van der Waals surface area contributed by atoms with Crippen LogP contribution in [-0.2, 0) is 6.54 Å². The summed E-state index contributed by atoms with van der Waals surface area (Å²) in [7, 11) is 4.04. The Morgan fingerprint density at radius 2 is 1.88 bits per heavy atom. The third kappa shape index (κ3) is 3.31. The first kappa shape index (κ1) is 20.7. The molecule has 0 bridgehead atoms. The van der Waals surface area contributed by atoms with E-state index in [0.29, 0.717) is 12.1 Å². The van der Waals surface area contributed by atoms with E-state index in [9.17, 15) is 5.11 Å². The highest BCUT2D eigenvalue weighted by Gasteiger charge is 2.33. The maximum atomic E-state index is 10.5. The fraction of sp³-hybridized carbons (Fsp3) is 0.259. The van der Waals surface area contributed by atoms with E-state index >= 15 is 0 Å². The van der Waals surface area contributed by atoms with Crippen LogP contribution < -0.4 is 4.90 Å². The lowest BCUT2D eigenvalue weighted by molar-refractivity contribution is 0.114. The van der Waals surface area contributed by atoms with Crippen molar-refractivity contribution in [1.29, 1.82) is 5.26 Å². The summed E-state index contributed by atoms with van der Waals surface area (Å²) in [5.41, 5.74) is 7.37. The summed E-state index contributed by atoms with van der Waals surface area (Å²) in [6.07, 6.45) is 5.66. The molecule has 4 heterocycles. The molecule has 6 rings (SSSR count). The van der Waals surface area contributed by atoms with Gasteiger partial charge < -0.3 is 19.5 Å². The average Bonchev–Trinajstić information content (AvgIpc) is 3.56. The molecule has 2 atom stereocenters. The number of fused-ring (bicyclic) bond motifs is 5. The van der Waals surface area contributed by atoms with Gasteiger partial charge in [-0.25, -0.2) is 4.98 Å². The van der Waals surface area contributed by atoms with Crippen LogP contribution in [0.2, 0.25) is 0 Å². The van der Waals surface area contributed by atoms with Crippen LogP contribution in [0.15, 0.2) is 67.1 Å². The van der Waals surface area contributed by atoms with E-state index in [0.717, 1.165) is 47.1 Å². The standard InChI is InChI=1S/C27H26N6O/c1-30(2)25-16-31(17-26(25)34)22-7-8-23-21(11-22)15-32-14-20(19-5-3-18(13-28)4-6-19)12-24(32)27-29-9-10-33(23)27/h3-12,14,25-26,34H,15-17H2,1-2H3/t25-,26-/m0/s1. The summed E-state index contributed by atoms with van der Waals surface area (Å²) < 4.78 is 4.41. The van der Waals surface area contributed by atoms with Crippen molar-refractivity contribution < 1.29 is 5.11 Å². The molecule has 0 spiro atoms. The molecule has 7 nitrogen and oxygen atoms in total. The van der Waals surface area contributed by atoms with Crippen molar-refractivity contribution in [3.63, 3.8) is 0 Å². The number of anilines is 1. The highest BCUT2D eigenvalue weighted by Crippen LogP contribution is 2.36. The second kappa shape index (κ2) is 7.87. The Hall–Kier alpha value is -3.86. The van der Waals surface area contributed by atoms with E-state index in [-0.39, 0.29) is 12.1 Å². The van der Waals surface area contributed by atoms with Gasteiger partial charge >= 0.3 is 0 Å². The van der Waals surface area contributed by atoms with Crippen molar-refractivity contribution in [2.24, 2.45) is 0 Å². The quantitative estimate of drug-likeness (QED) is 0.456. The fourth-order valence-corrected chi connectivity index (χ4v) is 5.21. The third-order valence-corrected chi connectivity index (χ3v) is 7.06. The molecule has 170 valence electrons. The lowest BCUT2D eigenvalue weighted by Gasteiger charge is -2.23. The van der Waals surface area contributed by atoms with Gasteiger partial charge in [0.1, 0.15) is 0 Å². The van der Waals surface area contributed by atoms with Crippen LogP contribution in [0.25, 0.3) is 28.3 Å². The minimum atomic E-state index is -0.361. The van der Waals surface area contributed by atoms with Crippen molar-refractivity contribution >= 4 is 5.69 Å². The van der Waals surface area contributed by atoms with Crippen molar-refractivity contribution in [3.8, 4) is 34.4 Å². The van der Waals surface area contributed by atoms with E-state index < -0.39 is 0 Å². The lowest BCUT2D eigenvalue weighted by atomic mass is 10.1. The number of hydrogen-bond donors (Lipinski definition) is 1. The minimum absolute atomic E-state index is 0.130. The molecule has 1 fully saturated rings. The molecule has 2 aromatic carbocycles. The fourth-order valence-electron chi connectivity index (χ4n) is 5.21. The molecule has 2 aliphatic heterocycles. The molecule has 0 radical (unpaired) electrons. The third-order valence-electron chi connectivity index (χ3n) is 7.06. The molecule has 1 N–H and O–H groups in total. The predicted octanol–water partition coefficient (Wildman–Crippen LogP) is 3.35. The summed E-state index contributed by atoms with van der Waals surface area (Å²) in [6, 6.07) is 18.7. The molecule has 7 heteroatoms. The van der Waals surface area contributed by atoms with Gasteiger partial charge in [0.15, 0.2) is 5.82 Å². The number of rotatable bonds is 3. The van der Waals surface area contributed by atoms with Crippen LogP contribution >= 0.6 is 0 Å². The predicted molar refractivity (Wildman–Crippen MR) is 132 cm³/mol. The Kier molecular flexibility index (Phi) is 4.80. The summed E-state index contributed by atoms with van der Waals surface area (Å²) in [6.45, 7) is 2.17. The van der Waals surface area contributed by atoms with Gasteiger partial charge in [-0.3, -0.25) is 4.57 Å². The van der Waals surface area contributed by atoms with E-state index in [1.807, 2.05) is 50.8 Å². The highest BCUT2D eigenvalue weighted by molar-refractivity contribution is 5.72. The molecule has 0 amide bonds. The summed E-state index contributed by atoms with van der Waals surface area (Å²) >= 11 is 0. The van der Waals surface area contributed by atoms with Crippen LogP contribution in [-0.4, -0.2) is 63.5 Å². The normalized spacial score (nSPS) is 18.9. The SMILES string of the molecule is CN(C)[C@H]1CN(c2ccc3c(c2)Cn2cc(-c4ccc(C#N)cc4)cc2-c2nccn2-3)C[C@@H]1O. The first-order chi connectivity index (χ1) is 16.5. The summed E-state index contributed by atoms with van der Waals surface area (Å²) in [5.74, 6) is 0.913. The van der Waals surface area contributed by atoms with E-state index in [1.54, 1.807) is 0 Å². The summed E-state index contributed by atoms with van der Waals surface area (Å²) in [5, 5.41) is 19.6. The van der Waals surface area contributed by atoms with E-state index in [1.165, 1.54) is 5.56 Å². The van der Waals surface area contributed by atoms with Crippen molar-refractivity contribution in [2.75, 3.05) is 32.1 Å². The number of β-amino-alcohol motifs (C(OH)–C–C–N with tert-alkyl or cyclic N) is 1. The van der Waals surface area contributed by atoms with Gasteiger partial charge in [0.05, 0.1) is 35.2 Å². The maximum Gasteiger partial charge on any atom is 0.161 e. The molecular weight excluding hydrogens is 424 g/mol. The van der Waals surface area contributed by atoms with Crippen molar-refractivity contribution in [2.45, 2.75) is 18.7 Å².